The SMILES string of the molecule is CC/C=C/C/C=C/C/C=C/C/C=C/C/C=C/CCCCCC(=O)O[C@H](COC(=O)CCCCCCCCCCCC)COP(=O)(O)OC1C(O)C(O)C(O)[C@H](O)C1O. The monoisotopic (exact) mass is 842 g/mol. The molecular formula is C44H75O13P. The van der Waals surface area contributed by atoms with Crippen LogP contribution in [0.25, 0.3) is 0 Å². The van der Waals surface area contributed by atoms with Crippen LogP contribution in [0.4, 0.5) is 0 Å². The summed E-state index contributed by atoms with van der Waals surface area (Å²) in [5.74, 6) is -1.14. The highest BCUT2D eigenvalue weighted by Gasteiger charge is 2.51. The van der Waals surface area contributed by atoms with Crippen LogP contribution >= 0.6 is 7.82 Å². The number of unbranched alkanes of at least 4 members (excludes halogenated alkanes) is 12. The van der Waals surface area contributed by atoms with E-state index in [1.807, 2.05) is 0 Å². The first-order chi connectivity index (χ1) is 27.9. The van der Waals surface area contributed by atoms with Crippen molar-refractivity contribution in [3.63, 3.8) is 0 Å². The Bertz CT molecular complexity index is 1250. The average Bonchev–Trinajstić information content (AvgIpc) is 3.20. The zero-order valence-electron chi connectivity index (χ0n) is 35.1. The van der Waals surface area contributed by atoms with Gasteiger partial charge < -0.3 is 39.9 Å². The van der Waals surface area contributed by atoms with E-state index in [9.17, 15) is 44.6 Å². The quantitative estimate of drug-likeness (QED) is 0.0159. The number of carbonyl (C=O) groups is 2. The van der Waals surface area contributed by atoms with E-state index in [1.54, 1.807) is 0 Å². The number of aliphatic hydroxyl groups excluding tert-OH is 5. The standard InChI is InChI=1S/C44H75O13P/c1-3-5-7-9-11-13-15-16-17-18-19-20-21-22-23-25-27-29-31-33-38(46)56-36(34-54-37(45)32-30-28-26-24-14-12-10-8-6-4-2)35-55-58(52,53)57-44-42(50)40(48)39(47)41(49)43(44)51/h5,7,11,13,16-17,19-20,22-23,36,39-44,47-51H,3-4,6,8-10,12,14-15,18,21,24-35H2,1-2H3,(H,52,53)/b7-5+,13-11+,17-16+,20-19+,23-22+/t36-,39?,40+,41?,42?,43?,44?/m1/s1. The van der Waals surface area contributed by atoms with Gasteiger partial charge in [-0.15, -0.1) is 0 Å². The Morgan fingerprint density at radius 1 is 0.552 bits per heavy atom. The molecule has 58 heavy (non-hydrogen) atoms. The molecule has 8 atom stereocenters. The van der Waals surface area contributed by atoms with E-state index in [4.69, 9.17) is 18.5 Å². The Kier molecular flexibility index (Phi) is 31.7. The summed E-state index contributed by atoms with van der Waals surface area (Å²) >= 11 is 0. The van der Waals surface area contributed by atoms with E-state index in [0.29, 0.717) is 12.8 Å². The summed E-state index contributed by atoms with van der Waals surface area (Å²) in [6, 6.07) is 0. The number of aliphatic hydroxyl groups is 5. The van der Waals surface area contributed by atoms with Gasteiger partial charge in [-0.1, -0.05) is 139 Å². The summed E-state index contributed by atoms with van der Waals surface area (Å²) in [4.78, 5) is 35.5. The van der Waals surface area contributed by atoms with Crippen LogP contribution in [0.15, 0.2) is 60.8 Å². The van der Waals surface area contributed by atoms with Gasteiger partial charge in [-0.05, 0) is 57.8 Å². The smallest absolute Gasteiger partial charge is 0.462 e. The van der Waals surface area contributed by atoms with Gasteiger partial charge in [-0.3, -0.25) is 18.6 Å². The molecule has 1 rings (SSSR count). The minimum Gasteiger partial charge on any atom is -0.462 e. The normalized spacial score (nSPS) is 23.1. The molecule has 1 fully saturated rings. The number of allylic oxidation sites excluding steroid dienone is 10. The van der Waals surface area contributed by atoms with E-state index in [-0.39, 0.29) is 12.8 Å². The van der Waals surface area contributed by atoms with Crippen LogP contribution in [-0.2, 0) is 32.7 Å². The number of hydrogen-bond donors (Lipinski definition) is 6. The number of esters is 2. The molecule has 0 aromatic heterocycles. The molecule has 6 unspecified atom stereocenters. The van der Waals surface area contributed by atoms with Gasteiger partial charge in [0.2, 0.25) is 0 Å². The number of rotatable bonds is 34. The second-order valence-corrected chi connectivity index (χ2v) is 16.2. The van der Waals surface area contributed by atoms with Crippen LogP contribution in [0.1, 0.15) is 149 Å². The maximum atomic E-state index is 12.8. The van der Waals surface area contributed by atoms with E-state index in [1.165, 1.54) is 38.5 Å². The first-order valence-electron chi connectivity index (χ1n) is 21.6. The van der Waals surface area contributed by atoms with Gasteiger partial charge in [0.25, 0.3) is 0 Å². The molecule has 0 aromatic rings. The van der Waals surface area contributed by atoms with Crippen LogP contribution in [0.3, 0.4) is 0 Å². The first kappa shape index (κ1) is 53.6. The lowest BCUT2D eigenvalue weighted by molar-refractivity contribution is -0.220. The predicted molar refractivity (Wildman–Crippen MR) is 226 cm³/mol. The van der Waals surface area contributed by atoms with Crippen molar-refractivity contribution in [3.05, 3.63) is 60.8 Å². The summed E-state index contributed by atoms with van der Waals surface area (Å²) in [7, 11) is -5.12. The van der Waals surface area contributed by atoms with Gasteiger partial charge in [0, 0.05) is 12.8 Å². The van der Waals surface area contributed by atoms with Gasteiger partial charge in [-0.2, -0.15) is 0 Å². The fourth-order valence-corrected chi connectivity index (χ4v) is 7.11. The minimum absolute atomic E-state index is 0.0561. The summed E-state index contributed by atoms with van der Waals surface area (Å²) in [6.07, 6.45) is 27.2. The molecule has 334 valence electrons. The van der Waals surface area contributed by atoms with Gasteiger partial charge >= 0.3 is 19.8 Å². The maximum Gasteiger partial charge on any atom is 0.472 e. The Hall–Kier alpha value is -2.45. The van der Waals surface area contributed by atoms with Crippen molar-refractivity contribution in [2.75, 3.05) is 13.2 Å². The molecule has 0 aromatic carbocycles. The van der Waals surface area contributed by atoms with Gasteiger partial charge in [0.1, 0.15) is 43.2 Å². The first-order valence-corrected chi connectivity index (χ1v) is 23.1. The van der Waals surface area contributed by atoms with Gasteiger partial charge in [-0.25, -0.2) is 4.57 Å². The number of ether oxygens (including phenoxy) is 2. The Balaban J connectivity index is 2.51. The second kappa shape index (κ2) is 34.3. The summed E-state index contributed by atoms with van der Waals surface area (Å²) in [5.41, 5.74) is 0. The second-order valence-electron chi connectivity index (χ2n) is 14.8. The molecule has 1 aliphatic rings. The number of phosphoric acid groups is 1. The number of phosphoric ester groups is 1. The Labute approximate surface area is 347 Å². The molecule has 0 bridgehead atoms. The third kappa shape index (κ3) is 26.6. The van der Waals surface area contributed by atoms with Crippen LogP contribution in [0.2, 0.25) is 0 Å². The molecule has 6 N–H and O–H groups in total. The maximum absolute atomic E-state index is 12.8. The highest BCUT2D eigenvalue weighted by atomic mass is 31.2. The van der Waals surface area contributed by atoms with Gasteiger partial charge in [0.15, 0.2) is 6.10 Å². The predicted octanol–water partition coefficient (Wildman–Crippen LogP) is 7.77. The van der Waals surface area contributed by atoms with Crippen LogP contribution in [0, 0.1) is 0 Å². The zero-order chi connectivity index (χ0) is 42.9. The fourth-order valence-electron chi connectivity index (χ4n) is 6.14. The van der Waals surface area contributed by atoms with E-state index in [2.05, 4.69) is 74.6 Å². The summed E-state index contributed by atoms with van der Waals surface area (Å²) in [6.45, 7) is 3.12. The molecular weight excluding hydrogens is 767 g/mol. The van der Waals surface area contributed by atoms with Crippen molar-refractivity contribution in [3.8, 4) is 0 Å². The van der Waals surface area contributed by atoms with Crippen molar-refractivity contribution in [2.45, 2.75) is 191 Å². The van der Waals surface area contributed by atoms with Crippen LogP contribution in [-0.4, -0.2) is 98.3 Å². The Morgan fingerprint density at radius 2 is 0.983 bits per heavy atom. The number of hydrogen-bond acceptors (Lipinski definition) is 12. The molecule has 0 saturated heterocycles. The third-order valence-corrected chi connectivity index (χ3v) is 10.6. The molecule has 13 nitrogen and oxygen atoms in total. The lowest BCUT2D eigenvalue weighted by Crippen LogP contribution is -2.64. The number of carbonyl (C=O) groups excluding carboxylic acids is 2. The minimum atomic E-state index is -5.12. The topological polar surface area (TPSA) is 210 Å². The van der Waals surface area contributed by atoms with E-state index >= 15 is 0 Å². The van der Waals surface area contributed by atoms with Crippen molar-refractivity contribution in [1.82, 2.24) is 0 Å². The highest BCUT2D eigenvalue weighted by molar-refractivity contribution is 7.47. The third-order valence-electron chi connectivity index (χ3n) is 9.62. The lowest BCUT2D eigenvalue weighted by Gasteiger charge is -2.41. The van der Waals surface area contributed by atoms with Crippen molar-refractivity contribution < 1.29 is 63.1 Å². The highest BCUT2D eigenvalue weighted by Crippen LogP contribution is 2.47. The molecule has 0 spiro atoms. The molecule has 14 heteroatoms. The van der Waals surface area contributed by atoms with Crippen LogP contribution < -0.4 is 0 Å². The van der Waals surface area contributed by atoms with Crippen LogP contribution in [0.5, 0.6) is 0 Å². The fraction of sp³-hybridized carbons (Fsp3) is 0.727. The molecule has 0 heterocycles. The largest absolute Gasteiger partial charge is 0.472 e. The molecule has 1 saturated carbocycles. The lowest BCUT2D eigenvalue weighted by atomic mass is 9.85. The summed E-state index contributed by atoms with van der Waals surface area (Å²) < 4.78 is 33.4. The van der Waals surface area contributed by atoms with Crippen molar-refractivity contribution in [2.24, 2.45) is 0 Å². The zero-order valence-corrected chi connectivity index (χ0v) is 36.0. The molecule has 0 radical (unpaired) electrons. The molecule has 0 amide bonds. The van der Waals surface area contributed by atoms with Gasteiger partial charge in [0.05, 0.1) is 6.61 Å². The van der Waals surface area contributed by atoms with E-state index in [0.717, 1.165) is 70.6 Å². The van der Waals surface area contributed by atoms with E-state index < -0.39 is 75.7 Å². The molecule has 1 aliphatic carbocycles. The average molecular weight is 843 g/mol. The Morgan fingerprint density at radius 3 is 1.50 bits per heavy atom. The van der Waals surface area contributed by atoms with Crippen molar-refractivity contribution >= 4 is 19.8 Å². The summed E-state index contributed by atoms with van der Waals surface area (Å²) in [5, 5.41) is 50.0. The molecule has 0 aliphatic heterocycles. The van der Waals surface area contributed by atoms with Crippen molar-refractivity contribution in [1.29, 1.82) is 0 Å².